The smallest absolute Gasteiger partial charge is 0.315 e. The number of benzene rings is 3. The highest BCUT2D eigenvalue weighted by Gasteiger charge is 2.41. The van der Waals surface area contributed by atoms with Gasteiger partial charge in [-0.25, -0.2) is 4.79 Å². The molecule has 3 aromatic carbocycles. The first-order valence-electron chi connectivity index (χ1n) is 15.0. The molecule has 0 aliphatic heterocycles. The largest absolute Gasteiger partial charge is 0.378 e. The molecule has 0 unspecified atom stereocenters. The van der Waals surface area contributed by atoms with Crippen LogP contribution in [0.4, 0.5) is 4.79 Å². The van der Waals surface area contributed by atoms with Crippen molar-refractivity contribution in [2.45, 2.75) is 83.0 Å². The van der Waals surface area contributed by atoms with Crippen molar-refractivity contribution in [1.82, 2.24) is 16.0 Å². The minimum atomic E-state index is -1.34. The van der Waals surface area contributed by atoms with Crippen molar-refractivity contribution >= 4 is 6.03 Å². The van der Waals surface area contributed by atoms with Crippen LogP contribution >= 0.6 is 0 Å². The summed E-state index contributed by atoms with van der Waals surface area (Å²) < 4.78 is 0. The molecule has 1 aliphatic carbocycles. The summed E-state index contributed by atoms with van der Waals surface area (Å²) in [5, 5.41) is 22.4. The first-order valence-corrected chi connectivity index (χ1v) is 15.0. The molecule has 3 aromatic rings. The molecule has 0 spiro atoms. The van der Waals surface area contributed by atoms with Crippen LogP contribution in [0.2, 0.25) is 0 Å². The van der Waals surface area contributed by atoms with E-state index in [1.54, 1.807) is 0 Å². The average molecular weight is 542 g/mol. The summed E-state index contributed by atoms with van der Waals surface area (Å²) in [6.45, 7) is 7.48. The molecule has 1 fully saturated rings. The van der Waals surface area contributed by atoms with E-state index in [2.05, 4.69) is 67.1 Å². The second-order valence-corrected chi connectivity index (χ2v) is 11.9. The molecule has 4 N–H and O–H groups in total. The Balaban J connectivity index is 1.32. The molecule has 4 rings (SSSR count). The van der Waals surface area contributed by atoms with E-state index < -0.39 is 11.6 Å². The Morgan fingerprint density at radius 1 is 0.825 bits per heavy atom. The minimum Gasteiger partial charge on any atom is -0.378 e. The van der Waals surface area contributed by atoms with Gasteiger partial charge in [-0.05, 0) is 80.5 Å². The van der Waals surface area contributed by atoms with Gasteiger partial charge in [0.05, 0.1) is 6.04 Å². The molecule has 2 atom stereocenters. The highest BCUT2D eigenvalue weighted by atomic mass is 16.3. The van der Waals surface area contributed by atoms with E-state index in [0.29, 0.717) is 18.4 Å². The molecular formula is C35H47N3O2. The molecule has 2 amide bonds. The van der Waals surface area contributed by atoms with Crippen LogP contribution in [0, 0.1) is 11.8 Å². The fourth-order valence-corrected chi connectivity index (χ4v) is 6.10. The van der Waals surface area contributed by atoms with Gasteiger partial charge in [0.25, 0.3) is 0 Å². The minimum absolute atomic E-state index is 0.161. The molecule has 1 aliphatic rings. The van der Waals surface area contributed by atoms with Crippen molar-refractivity contribution in [2.24, 2.45) is 11.8 Å². The van der Waals surface area contributed by atoms with E-state index in [0.717, 1.165) is 49.8 Å². The maximum absolute atomic E-state index is 13.3. The summed E-state index contributed by atoms with van der Waals surface area (Å²) in [5.74, 6) is 0.976. The Morgan fingerprint density at radius 3 is 1.88 bits per heavy atom. The van der Waals surface area contributed by atoms with Crippen LogP contribution in [0.1, 0.15) is 82.0 Å². The van der Waals surface area contributed by atoms with E-state index >= 15 is 0 Å². The number of rotatable bonds is 12. The van der Waals surface area contributed by atoms with Crippen LogP contribution in [-0.2, 0) is 5.60 Å². The molecule has 0 saturated heterocycles. The Kier molecular flexibility index (Phi) is 10.8. The van der Waals surface area contributed by atoms with E-state index in [1.165, 1.54) is 5.56 Å². The number of nitrogens with one attached hydrogen (secondary N) is 3. The van der Waals surface area contributed by atoms with Gasteiger partial charge < -0.3 is 21.1 Å². The maximum Gasteiger partial charge on any atom is 0.315 e. The Hall–Kier alpha value is -3.15. The monoisotopic (exact) mass is 541 g/mol. The summed E-state index contributed by atoms with van der Waals surface area (Å²) in [6, 6.07) is 29.8. The van der Waals surface area contributed by atoms with Gasteiger partial charge in [-0.15, -0.1) is 0 Å². The fourth-order valence-electron chi connectivity index (χ4n) is 6.10. The lowest BCUT2D eigenvalue weighted by molar-refractivity contribution is 0.0327. The molecule has 1 saturated carbocycles. The number of urea groups is 1. The molecule has 40 heavy (non-hydrogen) atoms. The first-order chi connectivity index (χ1) is 19.4. The van der Waals surface area contributed by atoms with E-state index in [9.17, 15) is 9.90 Å². The molecule has 0 heterocycles. The zero-order chi connectivity index (χ0) is 28.4. The van der Waals surface area contributed by atoms with Crippen molar-refractivity contribution < 1.29 is 9.90 Å². The Morgan fingerprint density at radius 2 is 1.35 bits per heavy atom. The average Bonchev–Trinajstić information content (AvgIpc) is 2.98. The standard InChI is InChI=1S/C35H47N3O2/c1-26(2)25-33(35(40,30-15-9-5-10-16-30)31-17-11-6-12-18-31)38-34(39)37-32-21-19-28(20-22-32)23-24-36-27(3)29-13-7-4-8-14-29/h4-18,26-28,32-33,36,40H,19-25H2,1-3H3,(H2,37,38,39)/t27-,28-,32-,33+/m1/s1. The van der Waals surface area contributed by atoms with Gasteiger partial charge in [0, 0.05) is 12.1 Å². The van der Waals surface area contributed by atoms with Crippen LogP contribution in [0.15, 0.2) is 91.0 Å². The molecule has 5 nitrogen and oxygen atoms in total. The Bertz CT molecular complexity index is 1110. The molecule has 5 heteroatoms. The molecule has 0 bridgehead atoms. The zero-order valence-corrected chi connectivity index (χ0v) is 24.4. The van der Waals surface area contributed by atoms with Crippen molar-refractivity contribution in [3.05, 3.63) is 108 Å². The van der Waals surface area contributed by atoms with Gasteiger partial charge in [0.15, 0.2) is 0 Å². The lowest BCUT2D eigenvalue weighted by Gasteiger charge is -2.39. The number of hydrogen-bond acceptors (Lipinski definition) is 3. The van der Waals surface area contributed by atoms with Crippen molar-refractivity contribution in [1.29, 1.82) is 0 Å². The maximum atomic E-state index is 13.3. The van der Waals surface area contributed by atoms with Crippen molar-refractivity contribution in [2.75, 3.05) is 6.54 Å². The number of aliphatic hydroxyl groups is 1. The predicted octanol–water partition coefficient (Wildman–Crippen LogP) is 6.94. The normalized spacial score (nSPS) is 19.1. The Labute approximate surface area is 240 Å². The first kappa shape index (κ1) is 29.8. The summed E-state index contributed by atoms with van der Waals surface area (Å²) in [6.07, 6.45) is 6.04. The zero-order valence-electron chi connectivity index (χ0n) is 24.4. The van der Waals surface area contributed by atoms with Crippen molar-refractivity contribution in [3.63, 3.8) is 0 Å². The van der Waals surface area contributed by atoms with Crippen LogP contribution in [0.3, 0.4) is 0 Å². The lowest BCUT2D eigenvalue weighted by Crippen LogP contribution is -2.56. The van der Waals surface area contributed by atoms with Crippen LogP contribution in [0.25, 0.3) is 0 Å². The lowest BCUT2D eigenvalue weighted by atomic mass is 9.77. The third-order valence-electron chi connectivity index (χ3n) is 8.43. The highest BCUT2D eigenvalue weighted by molar-refractivity contribution is 5.75. The third kappa shape index (κ3) is 7.96. The topological polar surface area (TPSA) is 73.4 Å². The summed E-state index contributed by atoms with van der Waals surface area (Å²) in [4.78, 5) is 13.3. The summed E-state index contributed by atoms with van der Waals surface area (Å²) >= 11 is 0. The quantitative estimate of drug-likeness (QED) is 0.201. The summed E-state index contributed by atoms with van der Waals surface area (Å²) in [7, 11) is 0. The molecular weight excluding hydrogens is 494 g/mol. The van der Waals surface area contributed by atoms with E-state index in [4.69, 9.17) is 0 Å². The van der Waals surface area contributed by atoms with E-state index in [-0.39, 0.29) is 18.0 Å². The second kappa shape index (κ2) is 14.5. The van der Waals surface area contributed by atoms with Gasteiger partial charge in [0.1, 0.15) is 5.60 Å². The van der Waals surface area contributed by atoms with Crippen LogP contribution < -0.4 is 16.0 Å². The fraction of sp³-hybridized carbons (Fsp3) is 0.457. The second-order valence-electron chi connectivity index (χ2n) is 11.9. The van der Waals surface area contributed by atoms with Crippen LogP contribution in [0.5, 0.6) is 0 Å². The van der Waals surface area contributed by atoms with E-state index in [1.807, 2.05) is 60.7 Å². The SMILES string of the molecule is CC(C)C[C@H](NC(=O)N[C@H]1CC[C@H](CCN[C@H](C)c2ccccc2)CC1)C(O)(c1ccccc1)c1ccccc1. The van der Waals surface area contributed by atoms with Gasteiger partial charge in [-0.2, -0.15) is 0 Å². The molecule has 0 radical (unpaired) electrons. The number of carbonyl (C=O) groups is 1. The van der Waals surface area contributed by atoms with Crippen molar-refractivity contribution in [3.8, 4) is 0 Å². The predicted molar refractivity (Wildman–Crippen MR) is 164 cm³/mol. The van der Waals surface area contributed by atoms with Crippen LogP contribution in [-0.4, -0.2) is 29.8 Å². The molecule has 214 valence electrons. The van der Waals surface area contributed by atoms with Gasteiger partial charge in [-0.3, -0.25) is 0 Å². The van der Waals surface area contributed by atoms with Gasteiger partial charge >= 0.3 is 6.03 Å². The summed E-state index contributed by atoms with van der Waals surface area (Å²) in [5.41, 5.74) is 1.54. The van der Waals surface area contributed by atoms with Gasteiger partial charge in [0.2, 0.25) is 0 Å². The molecule has 0 aromatic heterocycles. The number of carbonyl (C=O) groups excluding carboxylic acids is 1. The highest BCUT2D eigenvalue weighted by Crippen LogP contribution is 2.36. The number of hydrogen-bond donors (Lipinski definition) is 4. The van der Waals surface area contributed by atoms with Gasteiger partial charge in [-0.1, -0.05) is 105 Å². The number of amides is 2. The third-order valence-corrected chi connectivity index (χ3v) is 8.43.